The molecular weight excluding hydrogens is 423 g/mol. The van der Waals surface area contributed by atoms with Gasteiger partial charge in [0.2, 0.25) is 0 Å². The molecule has 0 unspecified atom stereocenters. The van der Waals surface area contributed by atoms with Crippen molar-refractivity contribution in [3.63, 3.8) is 0 Å². The lowest BCUT2D eigenvalue weighted by Gasteiger charge is -2.50. The fraction of sp³-hybridized carbons (Fsp3) is 0.524. The molecule has 0 atom stereocenters. The molecule has 0 N–H and O–H groups in total. The molecule has 0 aromatic carbocycles. The molecule has 0 aliphatic carbocycles. The summed E-state index contributed by atoms with van der Waals surface area (Å²) < 4.78 is 46.8. The predicted octanol–water partition coefficient (Wildman–Crippen LogP) is 2.84. The number of nitrogens with zero attached hydrogens (tertiary/aromatic N) is 7. The molecule has 0 radical (unpaired) electrons. The maximum Gasteiger partial charge on any atom is 0.433 e. The number of halogens is 3. The van der Waals surface area contributed by atoms with Gasteiger partial charge in [-0.1, -0.05) is 0 Å². The zero-order valence-electron chi connectivity index (χ0n) is 17.5. The van der Waals surface area contributed by atoms with Crippen molar-refractivity contribution in [1.82, 2.24) is 24.7 Å². The van der Waals surface area contributed by atoms with E-state index < -0.39 is 11.9 Å². The quantitative estimate of drug-likeness (QED) is 0.614. The fourth-order valence-corrected chi connectivity index (χ4v) is 5.07. The summed E-state index contributed by atoms with van der Waals surface area (Å²) in [5.41, 5.74) is 1.57. The standard InChI is InChI=1S/C21H22F3N7O/c1-13-16(2-4-25-18(13)21(22,23)24)30-11-20(12-30)3-5-29(10-20)17-7-26-15-6-27-31(19(15)28-17)14-8-32-9-14/h2,4,6-7,14H,3,5,8-12H2,1H3. The van der Waals surface area contributed by atoms with Gasteiger partial charge >= 0.3 is 6.18 Å². The van der Waals surface area contributed by atoms with E-state index in [9.17, 15) is 13.2 Å². The van der Waals surface area contributed by atoms with Gasteiger partial charge in [0.25, 0.3) is 0 Å². The van der Waals surface area contributed by atoms with Crippen LogP contribution in [0.5, 0.6) is 0 Å². The van der Waals surface area contributed by atoms with E-state index in [0.717, 1.165) is 49.6 Å². The summed E-state index contributed by atoms with van der Waals surface area (Å²) in [5.74, 6) is 0.814. The zero-order chi connectivity index (χ0) is 22.1. The van der Waals surface area contributed by atoms with Gasteiger partial charge in [0, 0.05) is 49.0 Å². The molecule has 11 heteroatoms. The molecule has 3 aliphatic rings. The van der Waals surface area contributed by atoms with Gasteiger partial charge in [-0.15, -0.1) is 0 Å². The number of hydrogen-bond donors (Lipinski definition) is 0. The van der Waals surface area contributed by atoms with Crippen LogP contribution in [-0.4, -0.2) is 64.1 Å². The summed E-state index contributed by atoms with van der Waals surface area (Å²) in [6, 6.07) is 1.88. The minimum Gasteiger partial charge on any atom is -0.377 e. The highest BCUT2D eigenvalue weighted by atomic mass is 19.4. The van der Waals surface area contributed by atoms with Crippen LogP contribution >= 0.6 is 0 Å². The van der Waals surface area contributed by atoms with Gasteiger partial charge < -0.3 is 14.5 Å². The summed E-state index contributed by atoms with van der Waals surface area (Å²) in [6.07, 6.45) is 1.28. The highest BCUT2D eigenvalue weighted by molar-refractivity contribution is 5.71. The van der Waals surface area contributed by atoms with Gasteiger partial charge in [-0.3, -0.25) is 4.98 Å². The predicted molar refractivity (Wildman–Crippen MR) is 111 cm³/mol. The Bertz CT molecular complexity index is 1180. The second-order valence-corrected chi connectivity index (χ2v) is 9.05. The fourth-order valence-electron chi connectivity index (χ4n) is 5.07. The molecule has 8 nitrogen and oxygen atoms in total. The Labute approximate surface area is 182 Å². The first-order valence-electron chi connectivity index (χ1n) is 10.6. The summed E-state index contributed by atoms with van der Waals surface area (Å²) in [5, 5.41) is 4.42. The number of aromatic nitrogens is 5. The van der Waals surface area contributed by atoms with Crippen LogP contribution in [-0.2, 0) is 10.9 Å². The van der Waals surface area contributed by atoms with E-state index in [0.29, 0.717) is 18.9 Å². The molecule has 168 valence electrons. The lowest BCUT2D eigenvalue weighted by atomic mass is 9.78. The monoisotopic (exact) mass is 445 g/mol. The molecule has 3 aliphatic heterocycles. The van der Waals surface area contributed by atoms with Gasteiger partial charge in [0.15, 0.2) is 5.65 Å². The number of rotatable bonds is 3. The summed E-state index contributed by atoms with van der Waals surface area (Å²) in [7, 11) is 0. The Balaban J connectivity index is 1.19. The van der Waals surface area contributed by atoms with Crippen molar-refractivity contribution < 1.29 is 17.9 Å². The molecular formula is C21H22F3N7O. The molecule has 0 bridgehead atoms. The third-order valence-corrected chi connectivity index (χ3v) is 6.86. The van der Waals surface area contributed by atoms with Crippen LogP contribution < -0.4 is 9.80 Å². The lowest BCUT2D eigenvalue weighted by molar-refractivity contribution is -0.141. The van der Waals surface area contributed by atoms with Crippen molar-refractivity contribution >= 4 is 22.7 Å². The Hall–Kier alpha value is -2.95. The van der Waals surface area contributed by atoms with Crippen LogP contribution in [0.25, 0.3) is 11.2 Å². The van der Waals surface area contributed by atoms with E-state index in [-0.39, 0.29) is 17.0 Å². The van der Waals surface area contributed by atoms with Crippen molar-refractivity contribution in [3.8, 4) is 0 Å². The van der Waals surface area contributed by atoms with E-state index in [1.807, 2.05) is 9.58 Å². The van der Waals surface area contributed by atoms with Crippen molar-refractivity contribution in [2.24, 2.45) is 5.41 Å². The highest BCUT2D eigenvalue weighted by Gasteiger charge is 2.49. The number of fused-ring (bicyclic) bond motifs is 1. The maximum absolute atomic E-state index is 13.2. The molecule has 3 saturated heterocycles. The van der Waals surface area contributed by atoms with Crippen molar-refractivity contribution in [3.05, 3.63) is 35.9 Å². The minimum atomic E-state index is -4.44. The largest absolute Gasteiger partial charge is 0.433 e. The van der Waals surface area contributed by atoms with Gasteiger partial charge in [0.05, 0.1) is 25.6 Å². The highest BCUT2D eigenvalue weighted by Crippen LogP contribution is 2.44. The number of ether oxygens (including phenoxy) is 1. The molecule has 3 fully saturated rings. The minimum absolute atomic E-state index is 0.0484. The lowest BCUT2D eigenvalue weighted by Crippen LogP contribution is -2.58. The van der Waals surface area contributed by atoms with E-state index >= 15 is 0 Å². The van der Waals surface area contributed by atoms with Crippen LogP contribution in [0.4, 0.5) is 24.7 Å². The van der Waals surface area contributed by atoms with Crippen molar-refractivity contribution in [2.45, 2.75) is 25.6 Å². The van der Waals surface area contributed by atoms with E-state index in [2.05, 4.69) is 20.0 Å². The molecule has 1 spiro atoms. The normalized spacial score (nSPS) is 20.8. The Morgan fingerprint density at radius 3 is 2.59 bits per heavy atom. The third kappa shape index (κ3) is 3.01. The smallest absolute Gasteiger partial charge is 0.377 e. The van der Waals surface area contributed by atoms with Gasteiger partial charge in [0.1, 0.15) is 23.1 Å². The molecule has 0 saturated carbocycles. The van der Waals surface area contributed by atoms with Crippen LogP contribution in [0.3, 0.4) is 0 Å². The first kappa shape index (κ1) is 19.7. The average Bonchev–Trinajstić information content (AvgIpc) is 3.30. The zero-order valence-corrected chi connectivity index (χ0v) is 17.5. The molecule has 6 heterocycles. The molecule has 3 aromatic heterocycles. The van der Waals surface area contributed by atoms with Gasteiger partial charge in [-0.2, -0.15) is 18.3 Å². The maximum atomic E-state index is 13.2. The number of hydrogen-bond acceptors (Lipinski definition) is 7. The second-order valence-electron chi connectivity index (χ2n) is 9.05. The van der Waals surface area contributed by atoms with Crippen LogP contribution in [0.2, 0.25) is 0 Å². The van der Waals surface area contributed by atoms with Crippen LogP contribution in [0.15, 0.2) is 24.7 Å². The molecule has 32 heavy (non-hydrogen) atoms. The van der Waals surface area contributed by atoms with Gasteiger partial charge in [-0.05, 0) is 19.4 Å². The van der Waals surface area contributed by atoms with E-state index in [4.69, 9.17) is 9.72 Å². The molecule has 6 rings (SSSR count). The Morgan fingerprint density at radius 2 is 1.88 bits per heavy atom. The molecule has 3 aromatic rings. The number of alkyl halides is 3. The van der Waals surface area contributed by atoms with Crippen molar-refractivity contribution in [1.29, 1.82) is 0 Å². The number of pyridine rings is 1. The summed E-state index contributed by atoms with van der Waals surface area (Å²) in [6.45, 7) is 5.86. The second kappa shape index (κ2) is 6.77. The van der Waals surface area contributed by atoms with Crippen LogP contribution in [0, 0.1) is 12.3 Å². The Kier molecular flexibility index (Phi) is 4.17. The van der Waals surface area contributed by atoms with Gasteiger partial charge in [-0.25, -0.2) is 14.6 Å². The molecule has 0 amide bonds. The number of anilines is 2. The SMILES string of the molecule is Cc1c(N2CC3(CCN(c4cnc5cnn(C6COC6)c5n4)C3)C2)ccnc1C(F)(F)F. The van der Waals surface area contributed by atoms with Crippen LogP contribution in [0.1, 0.15) is 23.7 Å². The van der Waals surface area contributed by atoms with E-state index in [1.54, 1.807) is 18.5 Å². The first-order chi connectivity index (χ1) is 15.3. The summed E-state index contributed by atoms with van der Waals surface area (Å²) >= 11 is 0. The van der Waals surface area contributed by atoms with Crippen molar-refractivity contribution in [2.75, 3.05) is 49.2 Å². The third-order valence-electron chi connectivity index (χ3n) is 6.86. The summed E-state index contributed by atoms with van der Waals surface area (Å²) in [4.78, 5) is 17.2. The average molecular weight is 445 g/mol. The first-order valence-corrected chi connectivity index (χ1v) is 10.6. The van der Waals surface area contributed by atoms with E-state index in [1.165, 1.54) is 13.1 Å². The Morgan fingerprint density at radius 1 is 1.09 bits per heavy atom. The topological polar surface area (TPSA) is 72.2 Å².